The molecule has 0 atom stereocenters. The number of anilines is 1. The van der Waals surface area contributed by atoms with E-state index in [0.717, 1.165) is 17.1 Å². The Bertz CT molecular complexity index is 483. The molecule has 0 aliphatic rings. The van der Waals surface area contributed by atoms with Gasteiger partial charge in [-0.2, -0.15) is 11.8 Å². The Balaban J connectivity index is 1.85. The SMILES string of the molecule is CC(C)SCc1ccc(NCc2cnccn2)cc1. The van der Waals surface area contributed by atoms with E-state index in [2.05, 4.69) is 53.4 Å². The minimum Gasteiger partial charge on any atom is -0.379 e. The molecule has 3 nitrogen and oxygen atoms in total. The van der Waals surface area contributed by atoms with E-state index in [9.17, 15) is 0 Å². The molecule has 0 aliphatic heterocycles. The lowest BCUT2D eigenvalue weighted by Gasteiger charge is -2.08. The first kappa shape index (κ1) is 13.9. The van der Waals surface area contributed by atoms with E-state index in [4.69, 9.17) is 0 Å². The van der Waals surface area contributed by atoms with E-state index in [1.807, 2.05) is 11.8 Å². The quantitative estimate of drug-likeness (QED) is 0.870. The summed E-state index contributed by atoms with van der Waals surface area (Å²) in [5.41, 5.74) is 3.43. The molecule has 0 aliphatic carbocycles. The van der Waals surface area contributed by atoms with Gasteiger partial charge in [0.1, 0.15) is 0 Å². The van der Waals surface area contributed by atoms with Gasteiger partial charge in [0.25, 0.3) is 0 Å². The first-order valence-corrected chi connectivity index (χ1v) is 7.48. The fourth-order valence-corrected chi connectivity index (χ4v) is 2.31. The van der Waals surface area contributed by atoms with Gasteiger partial charge in [0.2, 0.25) is 0 Å². The van der Waals surface area contributed by atoms with Gasteiger partial charge < -0.3 is 5.32 Å². The fraction of sp³-hybridized carbons (Fsp3) is 0.333. The Morgan fingerprint density at radius 2 is 1.95 bits per heavy atom. The average Bonchev–Trinajstić information content (AvgIpc) is 2.45. The van der Waals surface area contributed by atoms with E-state index in [-0.39, 0.29) is 0 Å². The zero-order valence-corrected chi connectivity index (χ0v) is 12.2. The molecule has 100 valence electrons. The normalized spacial score (nSPS) is 10.7. The second-order valence-corrected chi connectivity index (χ2v) is 6.17. The van der Waals surface area contributed by atoms with Crippen LogP contribution < -0.4 is 5.32 Å². The number of thioether (sulfide) groups is 1. The standard InChI is InChI=1S/C15H19N3S/c1-12(2)19-11-13-3-5-14(6-4-13)18-10-15-9-16-7-8-17-15/h3-9,12,18H,10-11H2,1-2H3. The second-order valence-electron chi connectivity index (χ2n) is 4.61. The van der Waals surface area contributed by atoms with Gasteiger partial charge in [0, 0.05) is 23.8 Å². The van der Waals surface area contributed by atoms with Crippen LogP contribution in [0.25, 0.3) is 0 Å². The summed E-state index contributed by atoms with van der Waals surface area (Å²) < 4.78 is 0. The Labute approximate surface area is 118 Å². The molecule has 19 heavy (non-hydrogen) atoms. The van der Waals surface area contributed by atoms with Crippen LogP contribution in [-0.2, 0) is 12.3 Å². The summed E-state index contributed by atoms with van der Waals surface area (Å²) >= 11 is 1.96. The second kappa shape index (κ2) is 7.14. The Kier molecular flexibility index (Phi) is 5.21. The van der Waals surface area contributed by atoms with E-state index in [1.165, 1.54) is 5.56 Å². The molecule has 0 unspecified atom stereocenters. The first-order chi connectivity index (χ1) is 9.24. The lowest BCUT2D eigenvalue weighted by Crippen LogP contribution is -2.01. The molecule has 1 aromatic carbocycles. The highest BCUT2D eigenvalue weighted by molar-refractivity contribution is 7.99. The van der Waals surface area contributed by atoms with Crippen LogP contribution in [0.3, 0.4) is 0 Å². The van der Waals surface area contributed by atoms with Crippen LogP contribution in [0.5, 0.6) is 0 Å². The van der Waals surface area contributed by atoms with Crippen LogP contribution in [0.2, 0.25) is 0 Å². The third-order valence-electron chi connectivity index (χ3n) is 2.63. The van der Waals surface area contributed by atoms with Crippen LogP contribution >= 0.6 is 11.8 Å². The lowest BCUT2D eigenvalue weighted by atomic mass is 10.2. The Morgan fingerprint density at radius 3 is 2.58 bits per heavy atom. The number of rotatable bonds is 6. The summed E-state index contributed by atoms with van der Waals surface area (Å²) in [5, 5.41) is 4.02. The highest BCUT2D eigenvalue weighted by Gasteiger charge is 1.98. The molecule has 0 saturated heterocycles. The topological polar surface area (TPSA) is 37.8 Å². The van der Waals surface area contributed by atoms with Gasteiger partial charge in [-0.05, 0) is 22.9 Å². The lowest BCUT2D eigenvalue weighted by molar-refractivity contribution is 1.01. The molecule has 2 aromatic rings. The van der Waals surface area contributed by atoms with Crippen molar-refractivity contribution in [1.82, 2.24) is 9.97 Å². The minimum absolute atomic E-state index is 0.675. The van der Waals surface area contributed by atoms with Gasteiger partial charge >= 0.3 is 0 Å². The molecule has 1 heterocycles. The average molecular weight is 273 g/mol. The van der Waals surface area contributed by atoms with Crippen molar-refractivity contribution >= 4 is 17.4 Å². The van der Waals surface area contributed by atoms with E-state index >= 15 is 0 Å². The van der Waals surface area contributed by atoms with E-state index < -0.39 is 0 Å². The summed E-state index contributed by atoms with van der Waals surface area (Å²) in [6, 6.07) is 8.59. The van der Waals surface area contributed by atoms with E-state index in [1.54, 1.807) is 18.6 Å². The summed E-state index contributed by atoms with van der Waals surface area (Å²) in [5.74, 6) is 1.07. The maximum Gasteiger partial charge on any atom is 0.0777 e. The Hall–Kier alpha value is -1.55. The zero-order valence-electron chi connectivity index (χ0n) is 11.3. The van der Waals surface area contributed by atoms with Gasteiger partial charge in [-0.15, -0.1) is 0 Å². The van der Waals surface area contributed by atoms with E-state index in [0.29, 0.717) is 11.8 Å². The molecule has 0 fully saturated rings. The number of nitrogens with one attached hydrogen (secondary N) is 1. The predicted octanol–water partition coefficient (Wildman–Crippen LogP) is 3.73. The van der Waals surface area contributed by atoms with Crippen molar-refractivity contribution < 1.29 is 0 Å². The maximum absolute atomic E-state index is 4.23. The highest BCUT2D eigenvalue weighted by atomic mass is 32.2. The van der Waals surface area contributed by atoms with Crippen molar-refractivity contribution in [2.24, 2.45) is 0 Å². The maximum atomic E-state index is 4.23. The molecule has 0 bridgehead atoms. The van der Waals surface area contributed by atoms with Crippen LogP contribution in [-0.4, -0.2) is 15.2 Å². The fourth-order valence-electron chi connectivity index (χ4n) is 1.60. The summed E-state index contributed by atoms with van der Waals surface area (Å²) in [7, 11) is 0. The molecule has 4 heteroatoms. The number of aromatic nitrogens is 2. The number of hydrogen-bond acceptors (Lipinski definition) is 4. The van der Waals surface area contributed by atoms with Gasteiger partial charge in [-0.25, -0.2) is 0 Å². The van der Waals surface area contributed by atoms with Gasteiger partial charge in [-0.3, -0.25) is 9.97 Å². The highest BCUT2D eigenvalue weighted by Crippen LogP contribution is 2.18. The molecule has 2 rings (SSSR count). The Morgan fingerprint density at radius 1 is 1.16 bits per heavy atom. The van der Waals surface area contributed by atoms with Crippen molar-refractivity contribution in [3.8, 4) is 0 Å². The van der Waals surface area contributed by atoms with Crippen LogP contribution in [0, 0.1) is 0 Å². The minimum atomic E-state index is 0.675. The van der Waals surface area contributed by atoms with Crippen LogP contribution in [0.15, 0.2) is 42.9 Å². The molecule has 0 amide bonds. The molecule has 1 aromatic heterocycles. The molecular formula is C15H19N3S. The van der Waals surface area contributed by atoms with Crippen LogP contribution in [0.1, 0.15) is 25.1 Å². The van der Waals surface area contributed by atoms with Crippen molar-refractivity contribution in [3.05, 3.63) is 54.1 Å². The molecular weight excluding hydrogens is 254 g/mol. The zero-order chi connectivity index (χ0) is 13.5. The number of hydrogen-bond donors (Lipinski definition) is 1. The third kappa shape index (κ3) is 4.91. The number of nitrogens with zero attached hydrogens (tertiary/aromatic N) is 2. The largest absolute Gasteiger partial charge is 0.379 e. The van der Waals surface area contributed by atoms with Crippen molar-refractivity contribution in [3.63, 3.8) is 0 Å². The number of benzene rings is 1. The first-order valence-electron chi connectivity index (χ1n) is 6.43. The molecule has 0 radical (unpaired) electrons. The summed E-state index contributed by atoms with van der Waals surface area (Å²) in [6.45, 7) is 5.15. The van der Waals surface area contributed by atoms with Crippen molar-refractivity contribution in [1.29, 1.82) is 0 Å². The predicted molar refractivity (Wildman–Crippen MR) is 82.2 cm³/mol. The van der Waals surface area contributed by atoms with Crippen molar-refractivity contribution in [2.75, 3.05) is 5.32 Å². The summed E-state index contributed by atoms with van der Waals surface area (Å²) in [6.07, 6.45) is 5.18. The molecule has 0 saturated carbocycles. The smallest absolute Gasteiger partial charge is 0.0777 e. The van der Waals surface area contributed by atoms with Crippen molar-refractivity contribution in [2.45, 2.75) is 31.4 Å². The van der Waals surface area contributed by atoms with Crippen LogP contribution in [0.4, 0.5) is 5.69 Å². The summed E-state index contributed by atoms with van der Waals surface area (Å²) in [4.78, 5) is 8.28. The molecule has 1 N–H and O–H groups in total. The monoisotopic (exact) mass is 273 g/mol. The third-order valence-corrected chi connectivity index (χ3v) is 3.79. The van der Waals surface area contributed by atoms with Gasteiger partial charge in [0.05, 0.1) is 18.4 Å². The molecule has 0 spiro atoms. The van der Waals surface area contributed by atoms with Gasteiger partial charge in [0.15, 0.2) is 0 Å². The van der Waals surface area contributed by atoms with Gasteiger partial charge in [-0.1, -0.05) is 26.0 Å².